The Kier molecular flexibility index (Phi) is 6.77. The molecule has 1 amide bonds. The molecule has 0 aliphatic heterocycles. The largest absolute Gasteiger partial charge is 0.462 e. The zero-order valence-corrected chi connectivity index (χ0v) is 18.7. The summed E-state index contributed by atoms with van der Waals surface area (Å²) >= 11 is 6.95. The molecule has 3 rings (SSSR count). The number of carbonyl (C=O) groups is 3. The van der Waals surface area contributed by atoms with Gasteiger partial charge in [-0.05, 0) is 32.4 Å². The van der Waals surface area contributed by atoms with Crippen molar-refractivity contribution < 1.29 is 23.9 Å². The molecule has 3 aromatic heterocycles. The summed E-state index contributed by atoms with van der Waals surface area (Å²) in [6.07, 6.45) is 3.08. The first-order valence-electron chi connectivity index (χ1n) is 9.32. The van der Waals surface area contributed by atoms with E-state index in [0.29, 0.717) is 21.9 Å². The predicted octanol–water partition coefficient (Wildman–Crippen LogP) is 4.44. The number of nitrogens with zero attached hydrogens (tertiary/aromatic N) is 2. The summed E-state index contributed by atoms with van der Waals surface area (Å²) in [4.78, 5) is 42.6. The van der Waals surface area contributed by atoms with Crippen molar-refractivity contribution in [2.75, 3.05) is 18.5 Å². The second-order valence-corrected chi connectivity index (χ2v) is 7.90. The van der Waals surface area contributed by atoms with Gasteiger partial charge in [0, 0.05) is 17.3 Å². The first-order valence-corrected chi connectivity index (χ1v) is 10.5. The molecular formula is C21H20ClN3O5S. The third-order valence-corrected chi connectivity index (χ3v) is 5.77. The van der Waals surface area contributed by atoms with Crippen molar-refractivity contribution in [3.63, 3.8) is 0 Å². The molecule has 0 saturated carbocycles. The lowest BCUT2D eigenvalue weighted by molar-refractivity contribution is 0.0527. The number of esters is 2. The predicted molar refractivity (Wildman–Crippen MR) is 118 cm³/mol. The van der Waals surface area contributed by atoms with E-state index in [1.807, 2.05) is 0 Å². The monoisotopic (exact) mass is 461 g/mol. The van der Waals surface area contributed by atoms with Crippen LogP contribution in [-0.4, -0.2) is 40.4 Å². The van der Waals surface area contributed by atoms with Gasteiger partial charge in [-0.1, -0.05) is 24.3 Å². The van der Waals surface area contributed by atoms with Crippen molar-refractivity contribution in [1.82, 2.24) is 9.38 Å². The van der Waals surface area contributed by atoms with E-state index in [9.17, 15) is 14.4 Å². The van der Waals surface area contributed by atoms with Crippen molar-refractivity contribution in [2.45, 2.75) is 20.8 Å². The number of hydrogen-bond donors (Lipinski definition) is 1. The van der Waals surface area contributed by atoms with E-state index in [2.05, 4.69) is 16.9 Å². The maximum Gasteiger partial charge on any atom is 0.348 e. The molecule has 10 heteroatoms. The van der Waals surface area contributed by atoms with Gasteiger partial charge in [0.15, 0.2) is 0 Å². The lowest BCUT2D eigenvalue weighted by atomic mass is 10.1. The zero-order valence-electron chi connectivity index (χ0n) is 17.2. The highest BCUT2D eigenvalue weighted by molar-refractivity contribution is 7.18. The van der Waals surface area contributed by atoms with Crippen LogP contribution in [0.1, 0.15) is 48.7 Å². The lowest BCUT2D eigenvalue weighted by Crippen LogP contribution is -2.17. The number of rotatable bonds is 7. The van der Waals surface area contributed by atoms with Crippen LogP contribution < -0.4 is 5.32 Å². The Bertz CT molecular complexity index is 1200. The highest BCUT2D eigenvalue weighted by atomic mass is 35.5. The average Bonchev–Trinajstić information content (AvgIpc) is 3.21. The third-order valence-electron chi connectivity index (χ3n) is 4.35. The highest BCUT2D eigenvalue weighted by Gasteiger charge is 2.28. The third kappa shape index (κ3) is 4.47. The van der Waals surface area contributed by atoms with E-state index in [0.717, 1.165) is 11.3 Å². The molecule has 3 heterocycles. The van der Waals surface area contributed by atoms with E-state index < -0.39 is 17.8 Å². The number of imidazole rings is 1. The van der Waals surface area contributed by atoms with Gasteiger partial charge in [0.25, 0.3) is 5.91 Å². The Hall–Kier alpha value is -3.17. The zero-order chi connectivity index (χ0) is 22.7. The fourth-order valence-electron chi connectivity index (χ4n) is 3.02. The standard InChI is InChI=1S/C21H20ClN3O5S/c1-5-9-30-21(28)17-11(3)15(20(27)29-6-2)19(31-17)24-18(26)16-12(4)23-14-10-13(22)7-8-25(14)16/h5,7-8,10H,1,6,9H2,2-4H3,(H,24,26). The van der Waals surface area contributed by atoms with Crippen molar-refractivity contribution in [3.8, 4) is 0 Å². The number of ether oxygens (including phenoxy) is 2. The van der Waals surface area contributed by atoms with Crippen LogP contribution in [0.5, 0.6) is 0 Å². The molecule has 0 spiro atoms. The van der Waals surface area contributed by atoms with Crippen molar-refractivity contribution >= 4 is 51.4 Å². The minimum absolute atomic E-state index is 0.0240. The van der Waals surface area contributed by atoms with E-state index >= 15 is 0 Å². The highest BCUT2D eigenvalue weighted by Crippen LogP contribution is 2.35. The Balaban J connectivity index is 2.02. The Morgan fingerprint density at radius 3 is 2.71 bits per heavy atom. The number of amides is 1. The van der Waals surface area contributed by atoms with E-state index in [-0.39, 0.29) is 34.3 Å². The minimum Gasteiger partial charge on any atom is -0.462 e. The summed E-state index contributed by atoms with van der Waals surface area (Å²) in [6.45, 7) is 8.64. The lowest BCUT2D eigenvalue weighted by Gasteiger charge is -2.08. The number of thiophene rings is 1. The number of carbonyl (C=O) groups excluding carboxylic acids is 3. The number of halogens is 1. The molecule has 0 aliphatic carbocycles. The average molecular weight is 462 g/mol. The number of anilines is 1. The van der Waals surface area contributed by atoms with Gasteiger partial charge in [-0.2, -0.15) is 0 Å². The van der Waals surface area contributed by atoms with E-state index in [1.165, 1.54) is 6.08 Å². The Morgan fingerprint density at radius 1 is 1.29 bits per heavy atom. The van der Waals surface area contributed by atoms with Gasteiger partial charge in [-0.3, -0.25) is 9.20 Å². The normalized spacial score (nSPS) is 10.7. The summed E-state index contributed by atoms with van der Waals surface area (Å²) in [5.41, 5.74) is 1.76. The van der Waals surface area contributed by atoms with Gasteiger partial charge in [0.05, 0.1) is 17.9 Å². The van der Waals surface area contributed by atoms with E-state index in [1.54, 1.807) is 43.5 Å². The maximum atomic E-state index is 13.1. The SMILES string of the molecule is C=CCOC(=O)c1sc(NC(=O)c2c(C)nc3cc(Cl)ccn23)c(C(=O)OCC)c1C. The molecule has 0 saturated heterocycles. The van der Waals surface area contributed by atoms with Gasteiger partial charge in [0.1, 0.15) is 27.8 Å². The van der Waals surface area contributed by atoms with Crippen LogP contribution in [0, 0.1) is 13.8 Å². The topological polar surface area (TPSA) is 99.0 Å². The minimum atomic E-state index is -0.643. The first-order chi connectivity index (χ1) is 14.8. The van der Waals surface area contributed by atoms with Crippen molar-refractivity contribution in [3.05, 3.63) is 63.4 Å². The number of aromatic nitrogens is 2. The Morgan fingerprint density at radius 2 is 2.03 bits per heavy atom. The van der Waals surface area contributed by atoms with Gasteiger partial charge in [-0.25, -0.2) is 14.6 Å². The molecule has 0 unspecified atom stereocenters. The van der Waals surface area contributed by atoms with E-state index in [4.69, 9.17) is 21.1 Å². The van der Waals surface area contributed by atoms with Crippen LogP contribution in [0.15, 0.2) is 31.0 Å². The molecular weight excluding hydrogens is 442 g/mol. The molecule has 3 aromatic rings. The molecule has 162 valence electrons. The van der Waals surface area contributed by atoms with Gasteiger partial charge in [-0.15, -0.1) is 11.3 Å². The van der Waals surface area contributed by atoms with Crippen LogP contribution in [0.25, 0.3) is 5.65 Å². The maximum absolute atomic E-state index is 13.1. The summed E-state index contributed by atoms with van der Waals surface area (Å²) in [5.74, 6) is -1.75. The molecule has 0 fully saturated rings. The second-order valence-electron chi connectivity index (χ2n) is 6.44. The number of aryl methyl sites for hydroxylation is 1. The number of pyridine rings is 1. The van der Waals surface area contributed by atoms with Crippen LogP contribution in [0.3, 0.4) is 0 Å². The summed E-state index contributed by atoms with van der Waals surface area (Å²) in [5, 5.41) is 3.41. The molecule has 0 bridgehead atoms. The van der Waals surface area contributed by atoms with Crippen molar-refractivity contribution in [2.24, 2.45) is 0 Å². The number of hydrogen-bond acceptors (Lipinski definition) is 7. The molecule has 1 N–H and O–H groups in total. The first kappa shape index (κ1) is 22.5. The quantitative estimate of drug-likeness (QED) is 0.412. The molecule has 0 aromatic carbocycles. The van der Waals surface area contributed by atoms with Crippen LogP contribution >= 0.6 is 22.9 Å². The summed E-state index contributed by atoms with van der Waals surface area (Å²) in [7, 11) is 0. The molecule has 0 atom stereocenters. The van der Waals surface area contributed by atoms with Crippen molar-refractivity contribution in [1.29, 1.82) is 0 Å². The van der Waals surface area contributed by atoms with Gasteiger partial charge >= 0.3 is 11.9 Å². The molecule has 8 nitrogen and oxygen atoms in total. The number of fused-ring (bicyclic) bond motifs is 1. The Labute approximate surface area is 187 Å². The molecule has 0 aliphatic rings. The summed E-state index contributed by atoms with van der Waals surface area (Å²) in [6, 6.07) is 3.28. The van der Waals surface area contributed by atoms with Crippen LogP contribution in [-0.2, 0) is 9.47 Å². The molecule has 31 heavy (non-hydrogen) atoms. The fraction of sp³-hybridized carbons (Fsp3) is 0.238. The smallest absolute Gasteiger partial charge is 0.348 e. The fourth-order valence-corrected chi connectivity index (χ4v) is 4.26. The second kappa shape index (κ2) is 9.32. The van der Waals surface area contributed by atoms with Crippen LogP contribution in [0.4, 0.5) is 5.00 Å². The number of nitrogens with one attached hydrogen (secondary N) is 1. The summed E-state index contributed by atoms with van der Waals surface area (Å²) < 4.78 is 11.8. The molecule has 0 radical (unpaired) electrons. The van der Waals surface area contributed by atoms with Crippen LogP contribution in [0.2, 0.25) is 5.02 Å². The van der Waals surface area contributed by atoms with Gasteiger partial charge in [0.2, 0.25) is 0 Å². The van der Waals surface area contributed by atoms with Gasteiger partial charge < -0.3 is 14.8 Å².